The molecule has 42 heavy (non-hydrogen) atoms. The van der Waals surface area contributed by atoms with E-state index in [1.807, 2.05) is 49.4 Å². The number of amides is 1. The SMILES string of the molecule is CCOC(=O)[C@@H]1Cc2ccccc2CN1.CCOC(=O)[C@@H]1Cc2ccccc2CN1C(=O)CCC(=O)c1ccccc1. The molecule has 0 saturated heterocycles. The van der Waals surface area contributed by atoms with Gasteiger partial charge in [0.05, 0.1) is 13.2 Å². The average molecular weight is 571 g/mol. The van der Waals surface area contributed by atoms with Crippen LogP contribution in [0.4, 0.5) is 0 Å². The molecule has 0 aliphatic carbocycles. The Morgan fingerprint density at radius 1 is 0.714 bits per heavy atom. The molecule has 0 bridgehead atoms. The van der Waals surface area contributed by atoms with Crippen LogP contribution in [-0.4, -0.2) is 53.8 Å². The molecule has 1 amide bonds. The number of hydrogen-bond acceptors (Lipinski definition) is 7. The fourth-order valence-electron chi connectivity index (χ4n) is 5.23. The van der Waals surface area contributed by atoms with E-state index in [-0.39, 0.29) is 43.2 Å². The van der Waals surface area contributed by atoms with Gasteiger partial charge in [0.1, 0.15) is 12.1 Å². The molecular formula is C34H38N2O6. The van der Waals surface area contributed by atoms with Crippen LogP contribution in [-0.2, 0) is 49.8 Å². The van der Waals surface area contributed by atoms with Gasteiger partial charge in [0.2, 0.25) is 5.91 Å². The third kappa shape index (κ3) is 7.91. The molecule has 1 N–H and O–H groups in total. The van der Waals surface area contributed by atoms with Crippen LogP contribution < -0.4 is 5.32 Å². The third-order valence-electron chi connectivity index (χ3n) is 7.44. The quantitative estimate of drug-likeness (QED) is 0.316. The highest BCUT2D eigenvalue weighted by molar-refractivity contribution is 5.98. The van der Waals surface area contributed by atoms with Gasteiger partial charge in [-0.2, -0.15) is 0 Å². The molecule has 0 fully saturated rings. The van der Waals surface area contributed by atoms with Gasteiger partial charge in [-0.05, 0) is 42.5 Å². The number of hydrogen-bond donors (Lipinski definition) is 1. The lowest BCUT2D eigenvalue weighted by molar-refractivity contribution is -0.156. The van der Waals surface area contributed by atoms with E-state index in [0.29, 0.717) is 25.1 Å². The van der Waals surface area contributed by atoms with Crippen molar-refractivity contribution in [2.75, 3.05) is 13.2 Å². The second kappa shape index (κ2) is 15.1. The molecule has 0 unspecified atom stereocenters. The number of carbonyl (C=O) groups excluding carboxylic acids is 4. The molecule has 5 rings (SSSR count). The molecule has 2 aliphatic heterocycles. The van der Waals surface area contributed by atoms with Gasteiger partial charge in [0.15, 0.2) is 5.78 Å². The molecule has 0 spiro atoms. The van der Waals surface area contributed by atoms with E-state index in [2.05, 4.69) is 17.4 Å². The number of ketones is 1. The molecule has 0 aromatic heterocycles. The summed E-state index contributed by atoms with van der Waals surface area (Å²) in [7, 11) is 0. The fourth-order valence-corrected chi connectivity index (χ4v) is 5.23. The van der Waals surface area contributed by atoms with E-state index >= 15 is 0 Å². The van der Waals surface area contributed by atoms with E-state index in [0.717, 1.165) is 24.1 Å². The summed E-state index contributed by atoms with van der Waals surface area (Å²) in [5, 5.41) is 3.19. The van der Waals surface area contributed by atoms with Crippen molar-refractivity contribution >= 4 is 23.6 Å². The zero-order valence-corrected chi connectivity index (χ0v) is 24.2. The van der Waals surface area contributed by atoms with Crippen LogP contribution >= 0.6 is 0 Å². The van der Waals surface area contributed by atoms with Crippen LogP contribution in [0.3, 0.4) is 0 Å². The Morgan fingerprint density at radius 3 is 1.95 bits per heavy atom. The smallest absolute Gasteiger partial charge is 0.329 e. The highest BCUT2D eigenvalue weighted by Gasteiger charge is 2.35. The predicted molar refractivity (Wildman–Crippen MR) is 159 cm³/mol. The molecule has 2 aliphatic rings. The first-order chi connectivity index (χ1) is 20.4. The van der Waals surface area contributed by atoms with Gasteiger partial charge in [0, 0.05) is 37.9 Å². The van der Waals surface area contributed by atoms with Gasteiger partial charge in [-0.1, -0.05) is 78.9 Å². The summed E-state index contributed by atoms with van der Waals surface area (Å²) in [6.07, 6.45) is 1.37. The van der Waals surface area contributed by atoms with Crippen LogP contribution in [0.2, 0.25) is 0 Å². The Kier molecular flexibility index (Phi) is 11.0. The Hall–Kier alpha value is -4.30. The molecule has 0 radical (unpaired) electrons. The minimum atomic E-state index is -0.640. The largest absolute Gasteiger partial charge is 0.465 e. The van der Waals surface area contributed by atoms with Crippen molar-refractivity contribution in [3.63, 3.8) is 0 Å². The van der Waals surface area contributed by atoms with Crippen LogP contribution in [0.25, 0.3) is 0 Å². The van der Waals surface area contributed by atoms with E-state index < -0.39 is 12.0 Å². The van der Waals surface area contributed by atoms with E-state index in [1.54, 1.807) is 36.1 Å². The number of ether oxygens (including phenoxy) is 2. The number of Topliss-reactive ketones (excluding diaryl/α,β-unsaturated/α-hetero) is 1. The zero-order chi connectivity index (χ0) is 29.9. The monoisotopic (exact) mass is 570 g/mol. The average Bonchev–Trinajstić information content (AvgIpc) is 3.03. The minimum absolute atomic E-state index is 0.0750. The summed E-state index contributed by atoms with van der Waals surface area (Å²) in [6, 6.07) is 24.1. The van der Waals surface area contributed by atoms with E-state index in [4.69, 9.17) is 9.47 Å². The molecule has 3 aromatic rings. The number of benzene rings is 3. The van der Waals surface area contributed by atoms with E-state index in [1.165, 1.54) is 11.1 Å². The maximum Gasteiger partial charge on any atom is 0.329 e. The second-order valence-corrected chi connectivity index (χ2v) is 10.2. The molecule has 2 heterocycles. The van der Waals surface area contributed by atoms with Crippen molar-refractivity contribution in [2.45, 2.75) is 64.7 Å². The highest BCUT2D eigenvalue weighted by Crippen LogP contribution is 2.25. The lowest BCUT2D eigenvalue weighted by Crippen LogP contribution is -2.49. The maximum absolute atomic E-state index is 12.8. The van der Waals surface area contributed by atoms with Crippen LogP contribution in [0, 0.1) is 0 Å². The Bertz CT molecular complexity index is 1390. The predicted octanol–water partition coefficient (Wildman–Crippen LogP) is 4.43. The Morgan fingerprint density at radius 2 is 1.29 bits per heavy atom. The lowest BCUT2D eigenvalue weighted by atomic mass is 9.93. The first-order valence-corrected chi connectivity index (χ1v) is 14.5. The van der Waals surface area contributed by atoms with E-state index in [9.17, 15) is 19.2 Å². The van der Waals surface area contributed by atoms with Crippen molar-refractivity contribution in [1.29, 1.82) is 0 Å². The van der Waals surface area contributed by atoms with Gasteiger partial charge in [-0.25, -0.2) is 4.79 Å². The van der Waals surface area contributed by atoms with Crippen molar-refractivity contribution in [1.82, 2.24) is 10.2 Å². The molecule has 8 nitrogen and oxygen atoms in total. The number of rotatable bonds is 8. The Labute approximate surface area is 247 Å². The summed E-state index contributed by atoms with van der Waals surface area (Å²) in [4.78, 5) is 50.6. The van der Waals surface area contributed by atoms with Gasteiger partial charge < -0.3 is 19.7 Å². The van der Waals surface area contributed by atoms with Crippen molar-refractivity contribution in [3.8, 4) is 0 Å². The highest BCUT2D eigenvalue weighted by atomic mass is 16.5. The Balaban J connectivity index is 0.000000227. The fraction of sp³-hybridized carbons (Fsp3) is 0.353. The minimum Gasteiger partial charge on any atom is -0.465 e. The lowest BCUT2D eigenvalue weighted by Gasteiger charge is -2.35. The zero-order valence-electron chi connectivity index (χ0n) is 24.2. The molecular weight excluding hydrogens is 532 g/mol. The van der Waals surface area contributed by atoms with Gasteiger partial charge >= 0.3 is 11.9 Å². The van der Waals surface area contributed by atoms with Gasteiger partial charge in [-0.15, -0.1) is 0 Å². The standard InChI is InChI=1S/C22H23NO4.C12H15NO2/c1-2-27-22(26)19-14-17-10-6-7-11-18(17)15-23(19)21(25)13-12-20(24)16-8-4-3-5-9-16;1-2-15-12(14)11-7-9-5-3-4-6-10(9)8-13-11/h3-11,19H,2,12-15H2,1H3;3-6,11,13H,2,7-8H2,1H3/t19-;11-/m00/s1. The number of nitrogens with one attached hydrogen (secondary N) is 1. The summed E-state index contributed by atoms with van der Waals surface area (Å²) >= 11 is 0. The molecule has 220 valence electrons. The summed E-state index contributed by atoms with van der Waals surface area (Å²) in [5.74, 6) is -0.817. The van der Waals surface area contributed by atoms with Crippen molar-refractivity contribution in [2.24, 2.45) is 0 Å². The van der Waals surface area contributed by atoms with Crippen LogP contribution in [0.15, 0.2) is 78.9 Å². The van der Waals surface area contributed by atoms with Crippen molar-refractivity contribution in [3.05, 3.63) is 107 Å². The summed E-state index contributed by atoms with van der Waals surface area (Å²) < 4.78 is 10.2. The molecule has 8 heteroatoms. The summed E-state index contributed by atoms with van der Waals surface area (Å²) in [5.41, 5.74) is 5.20. The topological polar surface area (TPSA) is 102 Å². The summed E-state index contributed by atoms with van der Waals surface area (Å²) in [6.45, 7) is 5.40. The maximum atomic E-state index is 12.8. The third-order valence-corrected chi connectivity index (χ3v) is 7.44. The molecule has 0 saturated carbocycles. The van der Waals surface area contributed by atoms with Gasteiger partial charge in [0.25, 0.3) is 0 Å². The van der Waals surface area contributed by atoms with Crippen LogP contribution in [0.5, 0.6) is 0 Å². The number of nitrogens with zero attached hydrogens (tertiary/aromatic N) is 1. The number of fused-ring (bicyclic) bond motifs is 2. The number of esters is 2. The first-order valence-electron chi connectivity index (χ1n) is 14.5. The number of carbonyl (C=O) groups is 4. The van der Waals surface area contributed by atoms with Crippen molar-refractivity contribution < 1.29 is 28.7 Å². The normalized spacial score (nSPS) is 17.0. The van der Waals surface area contributed by atoms with Crippen LogP contribution in [0.1, 0.15) is 59.3 Å². The first kappa shape index (κ1) is 30.7. The van der Waals surface area contributed by atoms with Gasteiger partial charge in [-0.3, -0.25) is 14.4 Å². The molecule has 2 atom stereocenters. The second-order valence-electron chi connectivity index (χ2n) is 10.2. The molecule has 3 aromatic carbocycles.